The monoisotopic (exact) mass is 352 g/mol. The number of nitrogens with zero attached hydrogens (tertiary/aromatic N) is 1. The van der Waals surface area contributed by atoms with Crippen LogP contribution in [-0.4, -0.2) is 58.5 Å². The number of sulfone groups is 1. The van der Waals surface area contributed by atoms with Crippen molar-refractivity contribution in [1.82, 2.24) is 16.0 Å². The van der Waals surface area contributed by atoms with Gasteiger partial charge in [-0.1, -0.05) is 12.1 Å². The van der Waals surface area contributed by atoms with Crippen molar-refractivity contribution in [2.24, 2.45) is 4.99 Å². The van der Waals surface area contributed by atoms with Gasteiger partial charge in [0, 0.05) is 32.2 Å². The van der Waals surface area contributed by atoms with Crippen LogP contribution in [0.1, 0.15) is 22.3 Å². The van der Waals surface area contributed by atoms with Crippen LogP contribution in [0.2, 0.25) is 0 Å². The second-order valence-corrected chi connectivity index (χ2v) is 8.00. The molecule has 132 valence electrons. The molecule has 0 aromatic heterocycles. The Labute approximate surface area is 142 Å². The largest absolute Gasteiger partial charge is 0.356 e. The molecule has 7 nitrogen and oxygen atoms in total. The van der Waals surface area contributed by atoms with Gasteiger partial charge in [0.25, 0.3) is 5.91 Å². The average Bonchev–Trinajstić information content (AvgIpc) is 2.92. The van der Waals surface area contributed by atoms with E-state index in [1.807, 2.05) is 18.2 Å². The van der Waals surface area contributed by atoms with Crippen LogP contribution in [0.25, 0.3) is 0 Å². The van der Waals surface area contributed by atoms with Crippen LogP contribution >= 0.6 is 0 Å². The maximum Gasteiger partial charge on any atom is 0.251 e. The van der Waals surface area contributed by atoms with Gasteiger partial charge in [0.15, 0.2) is 15.8 Å². The normalized spacial score (nSPS) is 19.8. The summed E-state index contributed by atoms with van der Waals surface area (Å²) in [5, 5.41) is 8.93. The second-order valence-electron chi connectivity index (χ2n) is 5.77. The van der Waals surface area contributed by atoms with Crippen molar-refractivity contribution < 1.29 is 13.2 Å². The Morgan fingerprint density at radius 2 is 2.17 bits per heavy atom. The summed E-state index contributed by atoms with van der Waals surface area (Å²) in [4.78, 5) is 15.8. The molecule has 1 saturated heterocycles. The summed E-state index contributed by atoms with van der Waals surface area (Å²) in [6, 6.07) is 7.37. The van der Waals surface area contributed by atoms with Gasteiger partial charge in [-0.15, -0.1) is 0 Å². The molecule has 2 rings (SSSR count). The molecule has 3 N–H and O–H groups in total. The number of carbonyl (C=O) groups excluding carboxylic acids is 1. The summed E-state index contributed by atoms with van der Waals surface area (Å²) >= 11 is 0. The lowest BCUT2D eigenvalue weighted by Gasteiger charge is -2.16. The standard InChI is InChI=1S/C16H24N4O3S/c1-17-15(21)13-5-3-4-12(10-13)6-8-19-16(18-2)20-14-7-9-24(22,23)11-14/h3-5,10,14H,6-9,11H2,1-2H3,(H,17,21)(H2,18,19,20). The molecule has 0 aliphatic carbocycles. The molecule has 1 amide bonds. The smallest absolute Gasteiger partial charge is 0.251 e. The molecule has 24 heavy (non-hydrogen) atoms. The lowest BCUT2D eigenvalue weighted by molar-refractivity contribution is 0.0963. The first-order chi connectivity index (χ1) is 11.4. The molecular formula is C16H24N4O3S. The number of carbonyl (C=O) groups is 1. The lowest BCUT2D eigenvalue weighted by Crippen LogP contribution is -2.44. The number of aliphatic imine (C=N–C) groups is 1. The third kappa shape index (κ3) is 5.23. The molecule has 1 unspecified atom stereocenters. The maximum absolute atomic E-state index is 11.6. The first-order valence-corrected chi connectivity index (χ1v) is 9.74. The van der Waals surface area contributed by atoms with Gasteiger partial charge in [-0.05, 0) is 30.5 Å². The van der Waals surface area contributed by atoms with E-state index in [4.69, 9.17) is 0 Å². The van der Waals surface area contributed by atoms with Crippen molar-refractivity contribution in [3.05, 3.63) is 35.4 Å². The zero-order chi connectivity index (χ0) is 17.6. The summed E-state index contributed by atoms with van der Waals surface area (Å²) < 4.78 is 23.0. The Morgan fingerprint density at radius 1 is 1.38 bits per heavy atom. The number of nitrogens with one attached hydrogen (secondary N) is 3. The first kappa shape index (κ1) is 18.3. The van der Waals surface area contributed by atoms with Crippen LogP contribution in [-0.2, 0) is 16.3 Å². The molecule has 0 bridgehead atoms. The van der Waals surface area contributed by atoms with Crippen molar-refractivity contribution in [2.75, 3.05) is 32.1 Å². The first-order valence-electron chi connectivity index (χ1n) is 7.92. The number of benzene rings is 1. The van der Waals surface area contributed by atoms with E-state index >= 15 is 0 Å². The zero-order valence-electron chi connectivity index (χ0n) is 14.0. The lowest BCUT2D eigenvalue weighted by atomic mass is 10.1. The van der Waals surface area contributed by atoms with Gasteiger partial charge in [-0.25, -0.2) is 8.42 Å². The molecule has 0 radical (unpaired) electrons. The summed E-state index contributed by atoms with van der Waals surface area (Å²) in [6.07, 6.45) is 1.34. The van der Waals surface area contributed by atoms with E-state index in [9.17, 15) is 13.2 Å². The van der Waals surface area contributed by atoms with E-state index in [0.717, 1.165) is 12.0 Å². The zero-order valence-corrected chi connectivity index (χ0v) is 14.8. The van der Waals surface area contributed by atoms with Gasteiger partial charge in [-0.2, -0.15) is 0 Å². The van der Waals surface area contributed by atoms with Gasteiger partial charge >= 0.3 is 0 Å². The van der Waals surface area contributed by atoms with E-state index in [1.165, 1.54) is 0 Å². The number of hydrogen-bond acceptors (Lipinski definition) is 4. The average molecular weight is 352 g/mol. The Hall–Kier alpha value is -2.09. The van der Waals surface area contributed by atoms with Crippen LogP contribution < -0.4 is 16.0 Å². The molecule has 1 atom stereocenters. The fourth-order valence-electron chi connectivity index (χ4n) is 2.63. The van der Waals surface area contributed by atoms with Gasteiger partial charge < -0.3 is 16.0 Å². The third-order valence-corrected chi connectivity index (χ3v) is 5.69. The summed E-state index contributed by atoms with van der Waals surface area (Å²) in [7, 11) is 0.353. The van der Waals surface area contributed by atoms with E-state index in [-0.39, 0.29) is 23.5 Å². The fraction of sp³-hybridized carbons (Fsp3) is 0.500. The molecule has 0 saturated carbocycles. The highest BCUT2D eigenvalue weighted by Crippen LogP contribution is 2.11. The van der Waals surface area contributed by atoms with Crippen LogP contribution in [0.15, 0.2) is 29.3 Å². The Bertz CT molecular complexity index is 716. The number of rotatable bonds is 5. The predicted molar refractivity (Wildman–Crippen MR) is 95.1 cm³/mol. The summed E-state index contributed by atoms with van der Waals surface area (Å²) in [5.74, 6) is 0.875. The van der Waals surface area contributed by atoms with Crippen LogP contribution in [0.3, 0.4) is 0 Å². The highest BCUT2D eigenvalue weighted by Gasteiger charge is 2.28. The van der Waals surface area contributed by atoms with Crippen molar-refractivity contribution in [2.45, 2.75) is 18.9 Å². The molecule has 1 aliphatic heterocycles. The van der Waals surface area contributed by atoms with Crippen molar-refractivity contribution in [3.8, 4) is 0 Å². The quantitative estimate of drug-likeness (QED) is 0.509. The molecular weight excluding hydrogens is 328 g/mol. The highest BCUT2D eigenvalue weighted by molar-refractivity contribution is 7.91. The SMILES string of the molecule is CN=C(NCCc1cccc(C(=O)NC)c1)NC1CCS(=O)(=O)C1. The van der Waals surface area contributed by atoms with E-state index in [2.05, 4.69) is 20.9 Å². The minimum atomic E-state index is -2.91. The van der Waals surface area contributed by atoms with E-state index in [0.29, 0.717) is 24.5 Å². The topological polar surface area (TPSA) is 99.7 Å². The van der Waals surface area contributed by atoms with Gasteiger partial charge in [0.1, 0.15) is 0 Å². The van der Waals surface area contributed by atoms with E-state index < -0.39 is 9.84 Å². The van der Waals surface area contributed by atoms with E-state index in [1.54, 1.807) is 20.2 Å². The number of hydrogen-bond donors (Lipinski definition) is 3. The molecule has 1 aliphatic rings. The van der Waals surface area contributed by atoms with Crippen molar-refractivity contribution in [3.63, 3.8) is 0 Å². The Morgan fingerprint density at radius 3 is 2.79 bits per heavy atom. The van der Waals surface area contributed by atoms with Crippen LogP contribution in [0.4, 0.5) is 0 Å². The summed E-state index contributed by atoms with van der Waals surface area (Å²) in [6.45, 7) is 0.635. The minimum Gasteiger partial charge on any atom is -0.356 e. The Kier molecular flexibility index (Phi) is 6.19. The number of amides is 1. The van der Waals surface area contributed by atoms with Crippen molar-refractivity contribution >= 4 is 21.7 Å². The fourth-order valence-corrected chi connectivity index (χ4v) is 4.31. The maximum atomic E-state index is 11.6. The van der Waals surface area contributed by atoms with Gasteiger partial charge in [0.2, 0.25) is 0 Å². The van der Waals surface area contributed by atoms with Crippen molar-refractivity contribution in [1.29, 1.82) is 0 Å². The molecule has 1 fully saturated rings. The molecule has 8 heteroatoms. The summed E-state index contributed by atoms with van der Waals surface area (Å²) in [5.41, 5.74) is 1.68. The highest BCUT2D eigenvalue weighted by atomic mass is 32.2. The van der Waals surface area contributed by atoms with Crippen LogP contribution in [0.5, 0.6) is 0 Å². The van der Waals surface area contributed by atoms with Gasteiger partial charge in [0.05, 0.1) is 11.5 Å². The predicted octanol–water partition coefficient (Wildman–Crippen LogP) is -0.0592. The Balaban J connectivity index is 1.83. The minimum absolute atomic E-state index is 0.0854. The van der Waals surface area contributed by atoms with Crippen LogP contribution in [0, 0.1) is 0 Å². The third-order valence-electron chi connectivity index (χ3n) is 3.92. The van der Waals surface area contributed by atoms with Gasteiger partial charge in [-0.3, -0.25) is 9.79 Å². The molecule has 1 heterocycles. The second kappa shape index (κ2) is 8.14. The molecule has 0 spiro atoms. The molecule has 1 aromatic carbocycles. The number of guanidine groups is 1. The molecule has 1 aromatic rings.